The molecule has 0 radical (unpaired) electrons. The molecule has 1 rings (SSSR count). The molecular formula is C11H17NO3S3. The number of rotatable bonds is 7. The molecule has 4 nitrogen and oxygen atoms in total. The first kappa shape index (κ1) is 15.8. The highest BCUT2D eigenvalue weighted by Gasteiger charge is 2.36. The molecule has 1 heterocycles. The van der Waals surface area contributed by atoms with Crippen molar-refractivity contribution in [2.45, 2.75) is 13.0 Å². The maximum absolute atomic E-state index is 12.1. The monoisotopic (exact) mass is 307 g/mol. The van der Waals surface area contributed by atoms with Gasteiger partial charge in [0.25, 0.3) is 0 Å². The minimum absolute atomic E-state index is 0.0564. The van der Waals surface area contributed by atoms with E-state index in [1.807, 2.05) is 13.0 Å². The molecule has 1 fully saturated rings. The number of hydrogen-bond donors (Lipinski definition) is 1. The lowest BCUT2D eigenvalue weighted by Gasteiger charge is -2.23. The smallest absolute Gasteiger partial charge is 0.327 e. The largest absolute Gasteiger partial charge is 0.480 e. The summed E-state index contributed by atoms with van der Waals surface area (Å²) in [5, 5.41) is 9.03. The summed E-state index contributed by atoms with van der Waals surface area (Å²) in [6, 6.07) is -0.657. The van der Waals surface area contributed by atoms with Crippen molar-refractivity contribution in [2.75, 3.05) is 23.1 Å². The number of hydrogen-bond acceptors (Lipinski definition) is 5. The van der Waals surface area contributed by atoms with Crippen LogP contribution in [0.2, 0.25) is 0 Å². The van der Waals surface area contributed by atoms with Crippen molar-refractivity contribution in [3.05, 3.63) is 12.7 Å². The van der Waals surface area contributed by atoms with Crippen LogP contribution < -0.4 is 0 Å². The van der Waals surface area contributed by atoms with Crippen molar-refractivity contribution in [2.24, 2.45) is 5.92 Å². The molecule has 0 unspecified atom stereocenters. The third-order valence-electron chi connectivity index (χ3n) is 2.46. The lowest BCUT2D eigenvalue weighted by atomic mass is 10.1. The maximum atomic E-state index is 12.1. The number of carbonyl (C=O) groups excluding carboxylic acids is 1. The third-order valence-corrected chi connectivity index (χ3v) is 5.96. The van der Waals surface area contributed by atoms with Crippen LogP contribution in [-0.4, -0.2) is 51.1 Å². The van der Waals surface area contributed by atoms with E-state index in [9.17, 15) is 9.59 Å². The summed E-state index contributed by atoms with van der Waals surface area (Å²) >= 11 is 1.50. The van der Waals surface area contributed by atoms with Gasteiger partial charge in [-0.3, -0.25) is 4.79 Å². The van der Waals surface area contributed by atoms with Crippen LogP contribution in [0.25, 0.3) is 0 Å². The number of thioether (sulfide) groups is 1. The summed E-state index contributed by atoms with van der Waals surface area (Å²) in [7, 11) is 3.28. The molecule has 0 spiro atoms. The lowest BCUT2D eigenvalue weighted by Crippen LogP contribution is -2.44. The molecule has 1 saturated heterocycles. The van der Waals surface area contributed by atoms with Gasteiger partial charge in [0.2, 0.25) is 5.91 Å². The summed E-state index contributed by atoms with van der Waals surface area (Å²) in [4.78, 5) is 24.6. The van der Waals surface area contributed by atoms with Crippen molar-refractivity contribution in [1.82, 2.24) is 4.90 Å². The molecule has 0 bridgehead atoms. The van der Waals surface area contributed by atoms with Crippen LogP contribution in [0.1, 0.15) is 6.92 Å². The number of aliphatic carboxylic acids is 1. The molecule has 1 aliphatic rings. The highest BCUT2D eigenvalue weighted by molar-refractivity contribution is 8.76. The zero-order chi connectivity index (χ0) is 13.5. The Bertz CT molecular complexity index is 325. The quantitative estimate of drug-likeness (QED) is 0.442. The van der Waals surface area contributed by atoms with Gasteiger partial charge in [0.1, 0.15) is 6.04 Å². The molecule has 0 aliphatic carbocycles. The Kier molecular flexibility index (Phi) is 7.03. The van der Waals surface area contributed by atoms with Gasteiger partial charge in [-0.25, -0.2) is 4.79 Å². The maximum Gasteiger partial charge on any atom is 0.327 e. The van der Waals surface area contributed by atoms with Gasteiger partial charge in [0.15, 0.2) is 0 Å². The second-order valence-electron chi connectivity index (χ2n) is 3.92. The van der Waals surface area contributed by atoms with Gasteiger partial charge < -0.3 is 10.0 Å². The van der Waals surface area contributed by atoms with Gasteiger partial charge >= 0.3 is 5.97 Å². The van der Waals surface area contributed by atoms with Crippen molar-refractivity contribution in [3.63, 3.8) is 0 Å². The Morgan fingerprint density at radius 2 is 2.33 bits per heavy atom. The molecule has 7 heteroatoms. The second-order valence-corrected chi connectivity index (χ2v) is 7.47. The van der Waals surface area contributed by atoms with Gasteiger partial charge in [-0.15, -0.1) is 18.3 Å². The molecule has 1 N–H and O–H groups in total. The predicted octanol–water partition coefficient (Wildman–Crippen LogP) is 2.18. The highest BCUT2D eigenvalue weighted by Crippen LogP contribution is 2.27. The SMILES string of the molecule is C=CCSSC[C@@H](C)C(=O)N1CSC[C@H]1C(=O)O. The minimum Gasteiger partial charge on any atom is -0.480 e. The normalized spacial score (nSPS) is 20.7. The molecule has 18 heavy (non-hydrogen) atoms. The Morgan fingerprint density at radius 1 is 1.61 bits per heavy atom. The van der Waals surface area contributed by atoms with E-state index in [0.29, 0.717) is 17.4 Å². The number of carbonyl (C=O) groups is 2. The van der Waals surface area contributed by atoms with E-state index in [0.717, 1.165) is 5.75 Å². The van der Waals surface area contributed by atoms with Crippen LogP contribution in [0, 0.1) is 5.92 Å². The van der Waals surface area contributed by atoms with E-state index in [4.69, 9.17) is 5.11 Å². The predicted molar refractivity (Wildman–Crippen MR) is 79.9 cm³/mol. The molecule has 2 atom stereocenters. The fourth-order valence-corrected chi connectivity index (χ4v) is 4.73. The second kappa shape index (κ2) is 8.01. The zero-order valence-electron chi connectivity index (χ0n) is 10.2. The van der Waals surface area contributed by atoms with Crippen LogP contribution in [0.3, 0.4) is 0 Å². The van der Waals surface area contributed by atoms with Crippen molar-refractivity contribution in [3.8, 4) is 0 Å². The summed E-state index contributed by atoms with van der Waals surface area (Å²) in [6.45, 7) is 5.48. The molecule has 1 amide bonds. The van der Waals surface area contributed by atoms with Gasteiger partial charge in [0.05, 0.1) is 5.88 Å². The first-order valence-corrected chi connectivity index (χ1v) is 9.18. The van der Waals surface area contributed by atoms with Gasteiger partial charge in [0, 0.05) is 23.2 Å². The first-order chi connectivity index (χ1) is 8.57. The minimum atomic E-state index is -0.908. The van der Waals surface area contributed by atoms with Gasteiger partial charge in [-0.05, 0) is 0 Å². The van der Waals surface area contributed by atoms with Crippen LogP contribution >= 0.6 is 33.3 Å². The molecule has 0 aromatic rings. The molecule has 102 valence electrons. The lowest BCUT2D eigenvalue weighted by molar-refractivity contribution is -0.148. The van der Waals surface area contributed by atoms with Crippen LogP contribution in [0.15, 0.2) is 12.7 Å². The summed E-state index contributed by atoms with van der Waals surface area (Å²) in [5.74, 6) is 1.42. The molecule has 0 aromatic heterocycles. The fraction of sp³-hybridized carbons (Fsp3) is 0.636. The average Bonchev–Trinajstić information content (AvgIpc) is 2.82. The van der Waals surface area contributed by atoms with Crippen molar-refractivity contribution >= 4 is 45.2 Å². The Labute approximate surface area is 119 Å². The van der Waals surface area contributed by atoms with E-state index in [-0.39, 0.29) is 11.8 Å². The van der Waals surface area contributed by atoms with E-state index in [1.165, 1.54) is 16.7 Å². The Hall–Kier alpha value is -0.270. The fourth-order valence-electron chi connectivity index (χ4n) is 1.47. The van der Waals surface area contributed by atoms with Crippen LogP contribution in [-0.2, 0) is 9.59 Å². The van der Waals surface area contributed by atoms with E-state index < -0.39 is 12.0 Å². The average molecular weight is 307 g/mol. The van der Waals surface area contributed by atoms with E-state index in [1.54, 1.807) is 21.6 Å². The number of carboxylic acids is 1. The molecular weight excluding hydrogens is 290 g/mol. The highest BCUT2D eigenvalue weighted by atomic mass is 33.1. The molecule has 0 aromatic carbocycles. The number of carboxylic acid groups (broad SMARTS) is 1. The summed E-state index contributed by atoms with van der Waals surface area (Å²) in [6.07, 6.45) is 1.82. The van der Waals surface area contributed by atoms with Gasteiger partial charge in [-0.1, -0.05) is 34.6 Å². The van der Waals surface area contributed by atoms with Crippen molar-refractivity contribution in [1.29, 1.82) is 0 Å². The molecule has 1 aliphatic heterocycles. The summed E-state index contributed by atoms with van der Waals surface area (Å²) in [5.41, 5.74) is 0. The van der Waals surface area contributed by atoms with Crippen LogP contribution in [0.4, 0.5) is 0 Å². The van der Waals surface area contributed by atoms with Crippen LogP contribution in [0.5, 0.6) is 0 Å². The van der Waals surface area contributed by atoms with Gasteiger partial charge in [-0.2, -0.15) is 0 Å². The molecule has 0 saturated carbocycles. The van der Waals surface area contributed by atoms with E-state index >= 15 is 0 Å². The topological polar surface area (TPSA) is 57.6 Å². The van der Waals surface area contributed by atoms with E-state index in [2.05, 4.69) is 6.58 Å². The summed E-state index contributed by atoms with van der Waals surface area (Å²) < 4.78 is 0. The van der Waals surface area contributed by atoms with Crippen molar-refractivity contribution < 1.29 is 14.7 Å². The zero-order valence-corrected chi connectivity index (χ0v) is 12.7. The standard InChI is InChI=1S/C11H17NO3S3/c1-3-4-17-18-5-8(2)10(13)12-7-16-6-9(12)11(14)15/h3,8-9H,1,4-7H2,2H3,(H,14,15)/t8-,9+/m1/s1. The third kappa shape index (κ3) is 4.44. The first-order valence-electron chi connectivity index (χ1n) is 5.54. The number of nitrogens with zero attached hydrogens (tertiary/aromatic N) is 1. The Morgan fingerprint density at radius 3 is 2.94 bits per heavy atom. The number of amides is 1. The Balaban J connectivity index is 2.42.